The Balaban J connectivity index is 3.05. The van der Waals surface area contributed by atoms with E-state index in [1.807, 2.05) is 6.92 Å². The van der Waals surface area contributed by atoms with E-state index in [2.05, 4.69) is 0 Å². The smallest absolute Gasteiger partial charge is 0.198 e. The predicted molar refractivity (Wildman–Crippen MR) is 58.5 cm³/mol. The quantitative estimate of drug-likeness (QED) is 0.331. The summed E-state index contributed by atoms with van der Waals surface area (Å²) in [4.78, 5) is 0. The van der Waals surface area contributed by atoms with E-state index in [1.165, 1.54) is 0 Å². The van der Waals surface area contributed by atoms with Crippen molar-refractivity contribution >= 4 is 13.2 Å². The molecule has 0 radical (unpaired) electrons. The summed E-state index contributed by atoms with van der Waals surface area (Å²) in [6.45, 7) is 3.71. The van der Waals surface area contributed by atoms with Gasteiger partial charge in [-0.2, -0.15) is 0 Å². The van der Waals surface area contributed by atoms with Gasteiger partial charge in [0.15, 0.2) is 23.3 Å². The third kappa shape index (κ3) is 2.73. The number of benzene rings is 1. The summed E-state index contributed by atoms with van der Waals surface area (Å²) in [6.07, 6.45) is 2.48. The van der Waals surface area contributed by atoms with E-state index in [-0.39, 0.29) is 5.30 Å². The highest BCUT2D eigenvalue weighted by Gasteiger charge is 2.21. The van der Waals surface area contributed by atoms with Crippen LogP contribution in [0.2, 0.25) is 0 Å². The molecule has 0 nitrogen and oxygen atoms in total. The molecule has 1 aromatic rings. The normalized spacial score (nSPS) is 12.9. The fourth-order valence-electron chi connectivity index (χ4n) is 1.35. The first-order valence-corrected chi connectivity index (χ1v) is 7.00. The molecule has 0 aliphatic carbocycles. The van der Waals surface area contributed by atoms with Gasteiger partial charge in [0.25, 0.3) is 0 Å². The van der Waals surface area contributed by atoms with E-state index in [9.17, 15) is 17.6 Å². The van der Waals surface area contributed by atoms with E-state index in [0.717, 1.165) is 18.9 Å². The number of halogens is 4. The maximum atomic E-state index is 13.4. The van der Waals surface area contributed by atoms with Crippen LogP contribution in [0.15, 0.2) is 6.07 Å². The van der Waals surface area contributed by atoms with Crippen LogP contribution in [0.1, 0.15) is 19.8 Å². The fraction of sp³-hybridized carbons (Fsp3) is 0.455. The Morgan fingerprint density at radius 1 is 1.06 bits per heavy atom. The van der Waals surface area contributed by atoms with E-state index >= 15 is 0 Å². The lowest BCUT2D eigenvalue weighted by Gasteiger charge is -2.13. The second-order valence-electron chi connectivity index (χ2n) is 3.59. The van der Waals surface area contributed by atoms with Crippen LogP contribution in [0.4, 0.5) is 17.6 Å². The lowest BCUT2D eigenvalue weighted by Crippen LogP contribution is -2.14. The molecule has 0 heterocycles. The Morgan fingerprint density at radius 2 is 1.69 bits per heavy atom. The Labute approximate surface area is 93.4 Å². The fourth-order valence-corrected chi connectivity index (χ4v) is 3.15. The molecular formula is C11H13F4P. The summed E-state index contributed by atoms with van der Waals surface area (Å²) in [6, 6.07) is 0.773. The van der Waals surface area contributed by atoms with Crippen molar-refractivity contribution in [3.05, 3.63) is 29.3 Å². The molecule has 0 saturated heterocycles. The molecule has 0 N–H and O–H groups in total. The van der Waals surface area contributed by atoms with Crippen LogP contribution >= 0.6 is 7.92 Å². The highest BCUT2D eigenvalue weighted by molar-refractivity contribution is 7.64. The van der Waals surface area contributed by atoms with E-state index < -0.39 is 31.2 Å². The van der Waals surface area contributed by atoms with Gasteiger partial charge in [0.2, 0.25) is 0 Å². The zero-order valence-electron chi connectivity index (χ0n) is 9.16. The standard InChI is InChI=1S/C11H13F4P/c1-3-4-5-16(2)8-6-7(12)9(13)11(15)10(8)14/h6H,3-5H2,1-2H3. The number of rotatable bonds is 4. The lowest BCUT2D eigenvalue weighted by atomic mass is 10.3. The molecule has 0 aliphatic rings. The van der Waals surface area contributed by atoms with Gasteiger partial charge < -0.3 is 0 Å². The summed E-state index contributed by atoms with van der Waals surface area (Å²) in [5.74, 6) is -6.01. The minimum atomic E-state index is -1.74. The van der Waals surface area contributed by atoms with Gasteiger partial charge in [-0.3, -0.25) is 0 Å². The average Bonchev–Trinajstić information content (AvgIpc) is 2.28. The molecule has 90 valence electrons. The van der Waals surface area contributed by atoms with E-state index in [0.29, 0.717) is 6.16 Å². The monoisotopic (exact) mass is 252 g/mol. The number of hydrogen-bond donors (Lipinski definition) is 0. The van der Waals surface area contributed by atoms with Gasteiger partial charge in [-0.1, -0.05) is 21.3 Å². The first-order chi connectivity index (χ1) is 7.49. The maximum Gasteiger partial charge on any atom is 0.198 e. The topological polar surface area (TPSA) is 0 Å². The molecule has 0 aromatic heterocycles. The molecule has 1 unspecified atom stereocenters. The van der Waals surface area contributed by atoms with Gasteiger partial charge in [0.1, 0.15) is 0 Å². The van der Waals surface area contributed by atoms with Crippen LogP contribution in [0, 0.1) is 23.3 Å². The van der Waals surface area contributed by atoms with Crippen molar-refractivity contribution in [1.82, 2.24) is 0 Å². The number of hydrogen-bond acceptors (Lipinski definition) is 0. The molecule has 1 aromatic carbocycles. The van der Waals surface area contributed by atoms with E-state index in [4.69, 9.17) is 0 Å². The highest BCUT2D eigenvalue weighted by atomic mass is 31.1. The maximum absolute atomic E-state index is 13.4. The molecule has 0 spiro atoms. The SMILES string of the molecule is CCCCP(C)c1cc(F)c(F)c(F)c1F. The van der Waals surface area contributed by atoms with Crippen LogP contribution < -0.4 is 5.30 Å². The lowest BCUT2D eigenvalue weighted by molar-refractivity contribution is 0.412. The molecule has 0 aliphatic heterocycles. The van der Waals surface area contributed by atoms with Gasteiger partial charge in [-0.15, -0.1) is 0 Å². The first kappa shape index (κ1) is 13.4. The summed E-state index contributed by atoms with van der Waals surface area (Å²) in [5, 5.41) is -0.0279. The second kappa shape index (κ2) is 5.62. The molecule has 0 fully saturated rings. The summed E-state index contributed by atoms with van der Waals surface area (Å²) in [7, 11) is -0.969. The molecule has 0 bridgehead atoms. The van der Waals surface area contributed by atoms with Crippen molar-refractivity contribution in [1.29, 1.82) is 0 Å². The summed E-state index contributed by atoms with van der Waals surface area (Å²) in [5.41, 5.74) is 0. The van der Waals surface area contributed by atoms with Gasteiger partial charge in [0, 0.05) is 5.30 Å². The minimum absolute atomic E-state index is 0.0279. The van der Waals surface area contributed by atoms with Crippen molar-refractivity contribution in [2.75, 3.05) is 12.8 Å². The molecule has 0 saturated carbocycles. The highest BCUT2D eigenvalue weighted by Crippen LogP contribution is 2.33. The molecule has 16 heavy (non-hydrogen) atoms. The third-order valence-corrected chi connectivity index (χ3v) is 4.48. The van der Waals surface area contributed by atoms with Crippen LogP contribution in [0.5, 0.6) is 0 Å². The summed E-state index contributed by atoms with van der Waals surface area (Å²) >= 11 is 0. The Kier molecular flexibility index (Phi) is 4.72. The predicted octanol–water partition coefficient (Wildman–Crippen LogP) is 3.78. The van der Waals surface area contributed by atoms with Crippen molar-refractivity contribution in [3.63, 3.8) is 0 Å². The number of unbranched alkanes of at least 4 members (excludes halogenated alkanes) is 1. The largest absolute Gasteiger partial charge is 0.204 e. The van der Waals surface area contributed by atoms with Crippen molar-refractivity contribution in [2.24, 2.45) is 0 Å². The first-order valence-electron chi connectivity index (χ1n) is 5.03. The minimum Gasteiger partial charge on any atom is -0.204 e. The zero-order chi connectivity index (χ0) is 12.3. The Hall–Kier alpha value is -0.630. The molecule has 1 atom stereocenters. The van der Waals surface area contributed by atoms with Gasteiger partial charge in [-0.25, -0.2) is 17.6 Å². The molecule has 0 amide bonds. The van der Waals surface area contributed by atoms with Crippen molar-refractivity contribution < 1.29 is 17.6 Å². The molecule has 1 rings (SSSR count). The Bertz CT molecular complexity index is 379. The van der Waals surface area contributed by atoms with Crippen LogP contribution in [-0.4, -0.2) is 12.8 Å². The van der Waals surface area contributed by atoms with Gasteiger partial charge in [0.05, 0.1) is 0 Å². The third-order valence-electron chi connectivity index (χ3n) is 2.34. The second-order valence-corrected chi connectivity index (χ2v) is 5.92. The molecule has 5 heteroatoms. The van der Waals surface area contributed by atoms with Crippen LogP contribution in [0.25, 0.3) is 0 Å². The molecular weight excluding hydrogens is 239 g/mol. The van der Waals surface area contributed by atoms with Gasteiger partial charge >= 0.3 is 0 Å². The van der Waals surface area contributed by atoms with Gasteiger partial charge in [-0.05, 0) is 25.3 Å². The summed E-state index contributed by atoms with van der Waals surface area (Å²) < 4.78 is 51.9. The van der Waals surface area contributed by atoms with Crippen molar-refractivity contribution in [3.8, 4) is 0 Å². The van der Waals surface area contributed by atoms with Crippen LogP contribution in [-0.2, 0) is 0 Å². The van der Waals surface area contributed by atoms with Crippen LogP contribution in [0.3, 0.4) is 0 Å². The zero-order valence-corrected chi connectivity index (χ0v) is 10.1. The van der Waals surface area contributed by atoms with Crippen molar-refractivity contribution in [2.45, 2.75) is 19.8 Å². The van der Waals surface area contributed by atoms with E-state index in [1.54, 1.807) is 6.66 Å². The Morgan fingerprint density at radius 3 is 2.25 bits per heavy atom. The average molecular weight is 252 g/mol.